The molecule has 0 aromatic heterocycles. The zero-order valence-corrected chi connectivity index (χ0v) is 12.1. The van der Waals surface area contributed by atoms with Crippen molar-refractivity contribution >= 4 is 16.0 Å². The maximum atomic E-state index is 12.4. The lowest BCUT2D eigenvalue weighted by Gasteiger charge is -2.25. The molecule has 0 unspecified atom stereocenters. The predicted molar refractivity (Wildman–Crippen MR) is 72.7 cm³/mol. The Balaban J connectivity index is 3.13. The zero-order chi connectivity index (χ0) is 15.3. The number of rotatable bonds is 6. The lowest BCUT2D eigenvalue weighted by Crippen LogP contribution is -2.37. The number of carbonyl (C=O) groups is 1. The van der Waals surface area contributed by atoms with Crippen LogP contribution in [0.25, 0.3) is 0 Å². The van der Waals surface area contributed by atoms with E-state index in [9.17, 15) is 13.2 Å². The van der Waals surface area contributed by atoms with Gasteiger partial charge in [0.1, 0.15) is 0 Å². The van der Waals surface area contributed by atoms with Gasteiger partial charge < -0.3 is 5.11 Å². The second-order valence-corrected chi connectivity index (χ2v) is 6.34. The SMILES string of the molecule is CC(C)N(CCC#N)S(=O)(=O)c1ccc(C(=O)O)cc1. The van der Waals surface area contributed by atoms with Gasteiger partial charge in [0.25, 0.3) is 0 Å². The molecule has 0 saturated heterocycles. The van der Waals surface area contributed by atoms with Crippen LogP contribution in [0.15, 0.2) is 29.2 Å². The molecule has 0 bridgehead atoms. The van der Waals surface area contributed by atoms with Crippen molar-refractivity contribution in [3.63, 3.8) is 0 Å². The Kier molecular flexibility index (Phi) is 5.25. The second kappa shape index (κ2) is 6.50. The Hall–Kier alpha value is -1.91. The number of aromatic carboxylic acids is 1. The first-order valence-corrected chi connectivity index (χ1v) is 7.47. The summed E-state index contributed by atoms with van der Waals surface area (Å²) in [6.07, 6.45) is 0.102. The number of carboxylic acids is 1. The van der Waals surface area contributed by atoms with Crippen LogP contribution in [0.2, 0.25) is 0 Å². The summed E-state index contributed by atoms with van der Waals surface area (Å²) in [5.74, 6) is -1.11. The molecule has 0 radical (unpaired) electrons. The molecule has 0 amide bonds. The van der Waals surface area contributed by atoms with E-state index in [1.54, 1.807) is 13.8 Å². The van der Waals surface area contributed by atoms with Crippen molar-refractivity contribution in [2.75, 3.05) is 6.54 Å². The van der Waals surface area contributed by atoms with Crippen LogP contribution >= 0.6 is 0 Å². The lowest BCUT2D eigenvalue weighted by molar-refractivity contribution is 0.0696. The summed E-state index contributed by atoms with van der Waals surface area (Å²) in [5.41, 5.74) is 0.0251. The van der Waals surface area contributed by atoms with Crippen molar-refractivity contribution in [3.8, 4) is 6.07 Å². The summed E-state index contributed by atoms with van der Waals surface area (Å²) in [6.45, 7) is 3.55. The molecular weight excluding hydrogens is 280 g/mol. The average Bonchev–Trinajstić information content (AvgIpc) is 2.38. The van der Waals surface area contributed by atoms with Gasteiger partial charge >= 0.3 is 5.97 Å². The van der Waals surface area contributed by atoms with E-state index >= 15 is 0 Å². The highest BCUT2D eigenvalue weighted by atomic mass is 32.2. The number of nitriles is 1. The number of sulfonamides is 1. The first-order valence-electron chi connectivity index (χ1n) is 6.03. The maximum absolute atomic E-state index is 12.4. The normalized spacial score (nSPS) is 11.6. The van der Waals surface area contributed by atoms with Crippen molar-refractivity contribution in [1.82, 2.24) is 4.31 Å². The molecule has 1 N–H and O–H groups in total. The number of nitrogens with zero attached hydrogens (tertiary/aromatic N) is 2. The van der Waals surface area contributed by atoms with Crippen LogP contribution < -0.4 is 0 Å². The van der Waals surface area contributed by atoms with Crippen LogP contribution in [0.5, 0.6) is 0 Å². The highest BCUT2D eigenvalue weighted by molar-refractivity contribution is 7.89. The van der Waals surface area contributed by atoms with Crippen LogP contribution in [0.3, 0.4) is 0 Å². The van der Waals surface area contributed by atoms with E-state index in [-0.39, 0.29) is 29.5 Å². The Morgan fingerprint density at radius 3 is 2.30 bits per heavy atom. The molecule has 1 aromatic rings. The van der Waals surface area contributed by atoms with Gasteiger partial charge in [-0.25, -0.2) is 13.2 Å². The van der Waals surface area contributed by atoms with Gasteiger partial charge in [-0.2, -0.15) is 9.57 Å². The molecular formula is C13H16N2O4S. The van der Waals surface area contributed by atoms with Gasteiger partial charge in [-0.05, 0) is 38.1 Å². The van der Waals surface area contributed by atoms with Gasteiger partial charge in [0.05, 0.1) is 16.5 Å². The summed E-state index contributed by atoms with van der Waals surface area (Å²) in [6, 6.07) is 6.66. The van der Waals surface area contributed by atoms with Crippen LogP contribution in [-0.2, 0) is 10.0 Å². The van der Waals surface area contributed by atoms with Gasteiger partial charge in [0.2, 0.25) is 10.0 Å². The van der Waals surface area contributed by atoms with Crippen molar-refractivity contribution in [3.05, 3.63) is 29.8 Å². The van der Waals surface area contributed by atoms with Gasteiger partial charge in [-0.1, -0.05) is 0 Å². The molecule has 108 valence electrons. The van der Waals surface area contributed by atoms with Crippen LogP contribution in [0, 0.1) is 11.3 Å². The minimum absolute atomic E-state index is 0.0224. The summed E-state index contributed by atoms with van der Waals surface area (Å²) in [7, 11) is -3.73. The van der Waals surface area contributed by atoms with Crippen LogP contribution in [0.4, 0.5) is 0 Å². The lowest BCUT2D eigenvalue weighted by atomic mass is 10.2. The standard InChI is InChI=1S/C13H16N2O4S/c1-10(2)15(9-3-8-14)20(18,19)12-6-4-11(5-7-12)13(16)17/h4-7,10H,3,9H2,1-2H3,(H,16,17). The Morgan fingerprint density at radius 2 is 1.90 bits per heavy atom. The number of hydrogen-bond donors (Lipinski definition) is 1. The first-order chi connectivity index (χ1) is 9.30. The molecule has 0 heterocycles. The third-order valence-electron chi connectivity index (χ3n) is 2.73. The van der Waals surface area contributed by atoms with Gasteiger partial charge in [0, 0.05) is 19.0 Å². The summed E-state index contributed by atoms with van der Waals surface area (Å²) < 4.78 is 26.1. The fourth-order valence-electron chi connectivity index (χ4n) is 1.72. The molecule has 0 aliphatic carbocycles. The minimum atomic E-state index is -3.73. The summed E-state index contributed by atoms with van der Waals surface area (Å²) in [5, 5.41) is 17.4. The molecule has 0 aliphatic heterocycles. The zero-order valence-electron chi connectivity index (χ0n) is 11.3. The molecule has 0 saturated carbocycles. The van der Waals surface area contributed by atoms with E-state index in [4.69, 9.17) is 10.4 Å². The number of carboxylic acid groups (broad SMARTS) is 1. The first kappa shape index (κ1) is 16.1. The van der Waals surface area contributed by atoms with E-state index in [1.807, 2.05) is 6.07 Å². The number of hydrogen-bond acceptors (Lipinski definition) is 4. The van der Waals surface area contributed by atoms with Crippen molar-refractivity contribution in [2.45, 2.75) is 31.2 Å². The predicted octanol–water partition coefficient (Wildman–Crippen LogP) is 1.70. The molecule has 0 spiro atoms. The number of benzene rings is 1. The fraction of sp³-hybridized carbons (Fsp3) is 0.385. The third kappa shape index (κ3) is 3.56. The topological polar surface area (TPSA) is 98.5 Å². The molecule has 1 aromatic carbocycles. The Bertz CT molecular complexity index is 615. The minimum Gasteiger partial charge on any atom is -0.478 e. The van der Waals surface area contributed by atoms with E-state index in [0.717, 1.165) is 0 Å². The van der Waals surface area contributed by atoms with Crippen LogP contribution in [0.1, 0.15) is 30.6 Å². The van der Waals surface area contributed by atoms with Gasteiger partial charge in [-0.3, -0.25) is 0 Å². The maximum Gasteiger partial charge on any atom is 0.335 e. The molecule has 20 heavy (non-hydrogen) atoms. The molecule has 0 atom stereocenters. The van der Waals surface area contributed by atoms with E-state index in [2.05, 4.69) is 0 Å². The average molecular weight is 296 g/mol. The fourth-order valence-corrected chi connectivity index (χ4v) is 3.36. The summed E-state index contributed by atoms with van der Waals surface area (Å²) in [4.78, 5) is 10.8. The smallest absolute Gasteiger partial charge is 0.335 e. The Morgan fingerprint density at radius 1 is 1.35 bits per heavy atom. The molecule has 6 nitrogen and oxygen atoms in total. The Labute approximate surface area is 118 Å². The highest BCUT2D eigenvalue weighted by Gasteiger charge is 2.26. The van der Waals surface area contributed by atoms with Gasteiger partial charge in [-0.15, -0.1) is 0 Å². The van der Waals surface area contributed by atoms with E-state index in [0.29, 0.717) is 0 Å². The molecule has 7 heteroatoms. The molecule has 0 aliphatic rings. The summed E-state index contributed by atoms with van der Waals surface area (Å²) >= 11 is 0. The van der Waals surface area contributed by atoms with Crippen LogP contribution in [-0.4, -0.2) is 36.4 Å². The van der Waals surface area contributed by atoms with E-state index in [1.165, 1.54) is 28.6 Å². The van der Waals surface area contributed by atoms with E-state index < -0.39 is 16.0 Å². The quantitative estimate of drug-likeness (QED) is 0.861. The monoisotopic (exact) mass is 296 g/mol. The van der Waals surface area contributed by atoms with Gasteiger partial charge in [0.15, 0.2) is 0 Å². The van der Waals surface area contributed by atoms with Crippen molar-refractivity contribution in [1.29, 1.82) is 5.26 Å². The molecule has 0 fully saturated rings. The molecule has 1 rings (SSSR count). The van der Waals surface area contributed by atoms with Crippen molar-refractivity contribution < 1.29 is 18.3 Å². The highest BCUT2D eigenvalue weighted by Crippen LogP contribution is 2.19. The van der Waals surface area contributed by atoms with Crippen molar-refractivity contribution in [2.24, 2.45) is 0 Å². The second-order valence-electron chi connectivity index (χ2n) is 4.45. The largest absolute Gasteiger partial charge is 0.478 e. The third-order valence-corrected chi connectivity index (χ3v) is 4.82.